The molecule has 6 nitrogen and oxygen atoms in total. The summed E-state index contributed by atoms with van der Waals surface area (Å²) in [7, 11) is 0. The molecular weight excluding hydrogens is 877 g/mol. The van der Waals surface area contributed by atoms with Gasteiger partial charge in [0.25, 0.3) is 0 Å². The van der Waals surface area contributed by atoms with Crippen LogP contribution in [0.4, 0.5) is 0 Å². The topological polar surface area (TPSA) is 78.9 Å². The van der Waals surface area contributed by atoms with Gasteiger partial charge in [-0.25, -0.2) is 0 Å². The first kappa shape index (κ1) is 67.3. The van der Waals surface area contributed by atoms with E-state index in [9.17, 15) is 14.4 Å². The molecule has 0 saturated carbocycles. The number of hydrogen-bond donors (Lipinski definition) is 0. The predicted octanol–water partition coefficient (Wildman–Crippen LogP) is 20.1. The maximum absolute atomic E-state index is 12.8. The summed E-state index contributed by atoms with van der Waals surface area (Å²) in [5.41, 5.74) is 0. The number of hydrogen-bond acceptors (Lipinski definition) is 6. The summed E-state index contributed by atoms with van der Waals surface area (Å²) >= 11 is 0. The van der Waals surface area contributed by atoms with Crippen LogP contribution >= 0.6 is 0 Å². The fourth-order valence-electron chi connectivity index (χ4n) is 8.16. The average molecular weight is 988 g/mol. The van der Waals surface area contributed by atoms with Crippen LogP contribution in [-0.4, -0.2) is 37.2 Å². The molecule has 0 bridgehead atoms. The van der Waals surface area contributed by atoms with Gasteiger partial charge in [0.05, 0.1) is 0 Å². The van der Waals surface area contributed by atoms with Crippen molar-refractivity contribution in [2.24, 2.45) is 0 Å². The van der Waals surface area contributed by atoms with Crippen LogP contribution in [0.5, 0.6) is 0 Å². The van der Waals surface area contributed by atoms with Crippen LogP contribution in [0.15, 0.2) is 97.2 Å². The predicted molar refractivity (Wildman–Crippen MR) is 307 cm³/mol. The lowest BCUT2D eigenvalue weighted by atomic mass is 10.0. The van der Waals surface area contributed by atoms with Gasteiger partial charge in [-0.2, -0.15) is 0 Å². The van der Waals surface area contributed by atoms with E-state index in [1.807, 2.05) is 0 Å². The van der Waals surface area contributed by atoms with Gasteiger partial charge in [0.1, 0.15) is 13.2 Å². The minimum absolute atomic E-state index is 0.0891. The summed E-state index contributed by atoms with van der Waals surface area (Å²) in [5.74, 6) is -0.935. The van der Waals surface area contributed by atoms with E-state index in [1.165, 1.54) is 128 Å². The zero-order valence-electron chi connectivity index (χ0n) is 46.5. The molecule has 0 N–H and O–H groups in total. The molecule has 0 aromatic carbocycles. The largest absolute Gasteiger partial charge is 0.462 e. The highest BCUT2D eigenvalue weighted by Gasteiger charge is 2.19. The number of allylic oxidation sites excluding steroid dienone is 16. The summed E-state index contributed by atoms with van der Waals surface area (Å²) in [4.78, 5) is 38.0. The maximum Gasteiger partial charge on any atom is 0.306 e. The van der Waals surface area contributed by atoms with Gasteiger partial charge in [0, 0.05) is 19.3 Å². The number of esters is 3. The van der Waals surface area contributed by atoms with Crippen LogP contribution in [0.1, 0.15) is 278 Å². The third kappa shape index (κ3) is 57.1. The Labute approximate surface area is 438 Å². The quantitative estimate of drug-likeness (QED) is 0.0261. The third-order valence-electron chi connectivity index (χ3n) is 12.6. The number of unbranched alkanes of at least 4 members (excludes halogenated alkanes) is 26. The summed E-state index contributed by atoms with van der Waals surface area (Å²) in [6, 6.07) is 0. The Balaban J connectivity index is 4.27. The summed E-state index contributed by atoms with van der Waals surface area (Å²) in [6.45, 7) is 6.46. The van der Waals surface area contributed by atoms with E-state index in [-0.39, 0.29) is 31.1 Å². The maximum atomic E-state index is 12.8. The van der Waals surface area contributed by atoms with Gasteiger partial charge in [-0.1, -0.05) is 272 Å². The van der Waals surface area contributed by atoms with Crippen molar-refractivity contribution in [3.8, 4) is 0 Å². The van der Waals surface area contributed by atoms with Crippen molar-refractivity contribution in [1.82, 2.24) is 0 Å². The summed E-state index contributed by atoms with van der Waals surface area (Å²) in [6.07, 6.45) is 78.6. The molecule has 1 unspecified atom stereocenters. The van der Waals surface area contributed by atoms with Gasteiger partial charge in [0.15, 0.2) is 6.10 Å². The highest BCUT2D eigenvalue weighted by molar-refractivity contribution is 5.71. The molecule has 6 heteroatoms. The number of ether oxygens (including phenoxy) is 3. The smallest absolute Gasteiger partial charge is 0.306 e. The molecule has 0 radical (unpaired) electrons. The molecule has 406 valence electrons. The molecule has 0 saturated heterocycles. The fraction of sp³-hybridized carbons (Fsp3) is 0.708. The van der Waals surface area contributed by atoms with E-state index in [2.05, 4.69) is 118 Å². The highest BCUT2D eigenvalue weighted by atomic mass is 16.6. The Bertz CT molecular complexity index is 1410. The van der Waals surface area contributed by atoms with Crippen molar-refractivity contribution in [2.75, 3.05) is 13.2 Å². The monoisotopic (exact) mass is 987 g/mol. The summed E-state index contributed by atoms with van der Waals surface area (Å²) in [5, 5.41) is 0. The van der Waals surface area contributed by atoms with Crippen LogP contribution in [0.3, 0.4) is 0 Å². The Hall–Kier alpha value is -3.67. The SMILES string of the molecule is CC/C=C\C/C=C\C/C=C\C/C=C\C/C=C\C/C=C\C/C=C\C/C=C\CCCCC(=O)OCC(COC(=O)CCCCCCCCC)OC(=O)CCCCCCCCCCCCCCCCCCCCC. The molecule has 0 aliphatic rings. The standard InChI is InChI=1S/C65H110O6/c1-4-7-10-13-16-18-20-22-24-26-28-29-30-31-32-33-34-35-37-38-40-42-44-46-49-52-55-58-64(67)70-61-62(60-69-63(66)57-54-51-48-15-12-9-6-3)71-65(68)59-56-53-50-47-45-43-41-39-36-27-25-23-21-19-17-14-11-8-5-2/h7,10,16,18,22,24,28-29,31-32,34-35,38,40,44,46,62H,4-6,8-9,11-15,17,19-21,23,25-27,30,33,36-37,39,41-43,45,47-61H2,1-3H3/b10-7-,18-16-,24-22-,29-28-,32-31-,35-34-,40-38-,46-44-. The zero-order valence-corrected chi connectivity index (χ0v) is 46.5. The van der Waals surface area contributed by atoms with Gasteiger partial charge in [0.2, 0.25) is 0 Å². The van der Waals surface area contributed by atoms with Crippen LogP contribution in [0, 0.1) is 0 Å². The van der Waals surface area contributed by atoms with Crippen molar-refractivity contribution in [1.29, 1.82) is 0 Å². The first-order valence-electron chi connectivity index (χ1n) is 29.7. The van der Waals surface area contributed by atoms with Crippen molar-refractivity contribution in [3.05, 3.63) is 97.2 Å². The van der Waals surface area contributed by atoms with Crippen LogP contribution in [-0.2, 0) is 28.6 Å². The van der Waals surface area contributed by atoms with Crippen molar-refractivity contribution >= 4 is 17.9 Å². The molecule has 0 spiro atoms. The second-order valence-corrected chi connectivity index (χ2v) is 19.5. The minimum atomic E-state index is -0.792. The van der Waals surface area contributed by atoms with Gasteiger partial charge in [-0.3, -0.25) is 14.4 Å². The van der Waals surface area contributed by atoms with E-state index in [1.54, 1.807) is 0 Å². The van der Waals surface area contributed by atoms with Crippen molar-refractivity contribution in [2.45, 2.75) is 284 Å². The number of carbonyl (C=O) groups excluding carboxylic acids is 3. The second-order valence-electron chi connectivity index (χ2n) is 19.5. The molecule has 0 aromatic heterocycles. The lowest BCUT2D eigenvalue weighted by Crippen LogP contribution is -2.30. The molecule has 1 atom stereocenters. The molecule has 0 fully saturated rings. The molecule has 0 aromatic rings. The lowest BCUT2D eigenvalue weighted by molar-refractivity contribution is -0.167. The Morgan fingerprint density at radius 3 is 0.859 bits per heavy atom. The molecule has 0 amide bonds. The Kier molecular flexibility index (Phi) is 55.9. The minimum Gasteiger partial charge on any atom is -0.462 e. The molecule has 0 rings (SSSR count). The molecule has 71 heavy (non-hydrogen) atoms. The van der Waals surface area contributed by atoms with Gasteiger partial charge in [-0.05, 0) is 83.5 Å². The Morgan fingerprint density at radius 2 is 0.549 bits per heavy atom. The number of rotatable bonds is 53. The second kappa shape index (κ2) is 58.9. The normalized spacial score (nSPS) is 12.8. The lowest BCUT2D eigenvalue weighted by Gasteiger charge is -2.18. The first-order chi connectivity index (χ1) is 35.0. The summed E-state index contributed by atoms with van der Waals surface area (Å²) < 4.78 is 16.8. The molecule has 0 aliphatic heterocycles. The van der Waals surface area contributed by atoms with E-state index < -0.39 is 6.10 Å². The van der Waals surface area contributed by atoms with Crippen molar-refractivity contribution in [3.63, 3.8) is 0 Å². The van der Waals surface area contributed by atoms with E-state index >= 15 is 0 Å². The van der Waals surface area contributed by atoms with Gasteiger partial charge < -0.3 is 14.2 Å². The van der Waals surface area contributed by atoms with E-state index in [0.29, 0.717) is 19.3 Å². The third-order valence-corrected chi connectivity index (χ3v) is 12.6. The highest BCUT2D eigenvalue weighted by Crippen LogP contribution is 2.16. The molecule has 0 heterocycles. The zero-order chi connectivity index (χ0) is 51.4. The van der Waals surface area contributed by atoms with Gasteiger partial charge >= 0.3 is 17.9 Å². The average Bonchev–Trinajstić information content (AvgIpc) is 3.37. The first-order valence-corrected chi connectivity index (χ1v) is 29.7. The van der Waals surface area contributed by atoms with E-state index in [0.717, 1.165) is 109 Å². The Morgan fingerprint density at radius 1 is 0.296 bits per heavy atom. The number of carbonyl (C=O) groups is 3. The van der Waals surface area contributed by atoms with Gasteiger partial charge in [-0.15, -0.1) is 0 Å². The van der Waals surface area contributed by atoms with Crippen LogP contribution < -0.4 is 0 Å². The van der Waals surface area contributed by atoms with Crippen molar-refractivity contribution < 1.29 is 28.6 Å². The fourth-order valence-corrected chi connectivity index (χ4v) is 8.16. The molecule has 0 aliphatic carbocycles. The van der Waals surface area contributed by atoms with Crippen LogP contribution in [0.2, 0.25) is 0 Å². The molecular formula is C65H110O6. The van der Waals surface area contributed by atoms with E-state index in [4.69, 9.17) is 14.2 Å². The van der Waals surface area contributed by atoms with Crippen LogP contribution in [0.25, 0.3) is 0 Å².